The maximum Gasteiger partial charge on any atom is 0.161 e. The number of ether oxygens (including phenoxy) is 1. The van der Waals surface area contributed by atoms with Gasteiger partial charge in [0.05, 0.1) is 13.2 Å². The van der Waals surface area contributed by atoms with Crippen molar-refractivity contribution >= 4 is 0 Å². The Morgan fingerprint density at radius 2 is 1.78 bits per heavy atom. The van der Waals surface area contributed by atoms with Crippen molar-refractivity contribution in [3.8, 4) is 0 Å². The first-order valence-corrected chi connectivity index (χ1v) is 5.68. The Labute approximate surface area is 104 Å². The molecule has 0 aliphatic carbocycles. The van der Waals surface area contributed by atoms with Crippen LogP contribution in [0.4, 0.5) is 13.2 Å². The quantitative estimate of drug-likeness (QED) is 0.553. The summed E-state index contributed by atoms with van der Waals surface area (Å²) in [5.74, 6) is -3.01. The van der Waals surface area contributed by atoms with Gasteiger partial charge in [0.1, 0.15) is 5.82 Å². The van der Waals surface area contributed by atoms with Crippen LogP contribution in [0.15, 0.2) is 12.1 Å². The number of aliphatic hydroxyl groups is 1. The summed E-state index contributed by atoms with van der Waals surface area (Å²) in [6.07, 6.45) is 0.686. The molecule has 0 unspecified atom stereocenters. The van der Waals surface area contributed by atoms with Crippen molar-refractivity contribution in [1.82, 2.24) is 5.32 Å². The lowest BCUT2D eigenvalue weighted by Gasteiger charge is -2.07. The maximum absolute atomic E-state index is 13.2. The standard InChI is InChI=1S/C12H16F3NO2/c13-10-7-12(15)11(14)6-9(10)8-16-2-1-4-18-5-3-17/h6-7,16-17H,1-5,8H2. The molecule has 0 aliphatic heterocycles. The fourth-order valence-electron chi connectivity index (χ4n) is 1.39. The molecule has 1 aromatic rings. The van der Waals surface area contributed by atoms with E-state index in [4.69, 9.17) is 9.84 Å². The largest absolute Gasteiger partial charge is 0.394 e. The minimum Gasteiger partial charge on any atom is -0.394 e. The normalized spacial score (nSPS) is 10.9. The molecule has 0 atom stereocenters. The number of hydrogen-bond donors (Lipinski definition) is 2. The molecule has 102 valence electrons. The second kappa shape index (κ2) is 8.07. The monoisotopic (exact) mass is 263 g/mol. The number of rotatable bonds is 8. The lowest BCUT2D eigenvalue weighted by molar-refractivity contribution is 0.0907. The molecule has 18 heavy (non-hydrogen) atoms. The highest BCUT2D eigenvalue weighted by Gasteiger charge is 2.08. The molecule has 0 amide bonds. The molecule has 0 bridgehead atoms. The SMILES string of the molecule is OCCOCCCNCc1cc(F)c(F)cc1F. The molecule has 3 nitrogen and oxygen atoms in total. The van der Waals surface area contributed by atoms with Crippen LogP contribution >= 0.6 is 0 Å². The molecule has 0 aromatic heterocycles. The van der Waals surface area contributed by atoms with Gasteiger partial charge in [0.25, 0.3) is 0 Å². The van der Waals surface area contributed by atoms with Crippen LogP contribution in [0.25, 0.3) is 0 Å². The van der Waals surface area contributed by atoms with E-state index in [-0.39, 0.29) is 25.3 Å². The van der Waals surface area contributed by atoms with Gasteiger partial charge in [-0.3, -0.25) is 0 Å². The number of hydrogen-bond acceptors (Lipinski definition) is 3. The van der Waals surface area contributed by atoms with Crippen LogP contribution in [0, 0.1) is 17.5 Å². The molecule has 1 rings (SSSR count). The summed E-state index contributed by atoms with van der Waals surface area (Å²) in [6.45, 7) is 1.44. The second-order valence-corrected chi connectivity index (χ2v) is 3.72. The molecular formula is C12H16F3NO2. The Morgan fingerprint density at radius 1 is 1.06 bits per heavy atom. The van der Waals surface area contributed by atoms with E-state index in [0.717, 1.165) is 6.07 Å². The first-order valence-electron chi connectivity index (χ1n) is 5.68. The van der Waals surface area contributed by atoms with Gasteiger partial charge in [-0.2, -0.15) is 0 Å². The minimum absolute atomic E-state index is 0.0203. The van der Waals surface area contributed by atoms with E-state index in [1.165, 1.54) is 0 Å². The summed E-state index contributed by atoms with van der Waals surface area (Å²) < 4.78 is 43.7. The van der Waals surface area contributed by atoms with Crippen molar-refractivity contribution in [1.29, 1.82) is 0 Å². The molecule has 0 saturated heterocycles. The van der Waals surface area contributed by atoms with E-state index in [1.54, 1.807) is 0 Å². The average molecular weight is 263 g/mol. The highest BCUT2D eigenvalue weighted by molar-refractivity contribution is 5.19. The van der Waals surface area contributed by atoms with Gasteiger partial charge in [-0.15, -0.1) is 0 Å². The fraction of sp³-hybridized carbons (Fsp3) is 0.500. The minimum atomic E-state index is -1.19. The molecular weight excluding hydrogens is 247 g/mol. The Balaban J connectivity index is 2.25. The molecule has 0 fully saturated rings. The van der Waals surface area contributed by atoms with Crippen molar-refractivity contribution in [2.75, 3.05) is 26.4 Å². The van der Waals surface area contributed by atoms with Gasteiger partial charge < -0.3 is 15.2 Å². The van der Waals surface area contributed by atoms with Crippen molar-refractivity contribution in [3.63, 3.8) is 0 Å². The van der Waals surface area contributed by atoms with Gasteiger partial charge in [-0.25, -0.2) is 13.2 Å². The van der Waals surface area contributed by atoms with Crippen molar-refractivity contribution < 1.29 is 23.0 Å². The van der Waals surface area contributed by atoms with E-state index in [2.05, 4.69) is 5.32 Å². The predicted molar refractivity (Wildman–Crippen MR) is 60.5 cm³/mol. The summed E-state index contributed by atoms with van der Waals surface area (Å²) >= 11 is 0. The molecule has 0 spiro atoms. The first kappa shape index (κ1) is 14.9. The molecule has 0 heterocycles. The van der Waals surface area contributed by atoms with Crippen LogP contribution in [-0.4, -0.2) is 31.5 Å². The smallest absolute Gasteiger partial charge is 0.161 e. The third-order valence-corrected chi connectivity index (χ3v) is 2.28. The van der Waals surface area contributed by atoms with Gasteiger partial charge in [-0.05, 0) is 19.0 Å². The van der Waals surface area contributed by atoms with E-state index < -0.39 is 17.5 Å². The molecule has 0 saturated carbocycles. The zero-order valence-corrected chi connectivity index (χ0v) is 9.89. The average Bonchev–Trinajstić information content (AvgIpc) is 2.34. The third kappa shape index (κ3) is 5.03. The van der Waals surface area contributed by atoms with E-state index in [0.29, 0.717) is 25.6 Å². The summed E-state index contributed by atoms with van der Waals surface area (Å²) in [5, 5.41) is 11.3. The molecule has 0 radical (unpaired) electrons. The maximum atomic E-state index is 13.2. The van der Waals surface area contributed by atoms with Crippen molar-refractivity contribution in [3.05, 3.63) is 35.1 Å². The molecule has 1 aromatic carbocycles. The Hall–Kier alpha value is -1.11. The van der Waals surface area contributed by atoms with Gasteiger partial charge in [0.2, 0.25) is 0 Å². The zero-order valence-electron chi connectivity index (χ0n) is 9.89. The van der Waals surface area contributed by atoms with Crippen LogP contribution in [-0.2, 0) is 11.3 Å². The zero-order chi connectivity index (χ0) is 13.4. The van der Waals surface area contributed by atoms with Crippen LogP contribution in [0.1, 0.15) is 12.0 Å². The fourth-order valence-corrected chi connectivity index (χ4v) is 1.39. The second-order valence-electron chi connectivity index (χ2n) is 3.72. The number of benzene rings is 1. The first-order chi connectivity index (χ1) is 8.65. The number of halogens is 3. The lowest BCUT2D eigenvalue weighted by Crippen LogP contribution is -2.18. The summed E-state index contributed by atoms with van der Waals surface area (Å²) in [4.78, 5) is 0. The Kier molecular flexibility index (Phi) is 6.70. The molecule has 6 heteroatoms. The summed E-state index contributed by atoms with van der Waals surface area (Å²) in [7, 11) is 0. The van der Waals surface area contributed by atoms with Crippen LogP contribution < -0.4 is 5.32 Å². The Morgan fingerprint density at radius 3 is 2.50 bits per heavy atom. The Bertz CT molecular complexity index is 375. The van der Waals surface area contributed by atoms with Gasteiger partial charge in [0, 0.05) is 24.8 Å². The third-order valence-electron chi connectivity index (χ3n) is 2.28. The van der Waals surface area contributed by atoms with Gasteiger partial charge >= 0.3 is 0 Å². The van der Waals surface area contributed by atoms with E-state index >= 15 is 0 Å². The van der Waals surface area contributed by atoms with Crippen molar-refractivity contribution in [2.45, 2.75) is 13.0 Å². The highest BCUT2D eigenvalue weighted by Crippen LogP contribution is 2.13. The summed E-state index contributed by atoms with van der Waals surface area (Å²) in [6, 6.07) is 1.39. The van der Waals surface area contributed by atoms with E-state index in [9.17, 15) is 13.2 Å². The highest BCUT2D eigenvalue weighted by atomic mass is 19.2. The predicted octanol–water partition coefficient (Wildman–Crippen LogP) is 1.59. The lowest BCUT2D eigenvalue weighted by atomic mass is 10.2. The van der Waals surface area contributed by atoms with Crippen LogP contribution in [0.3, 0.4) is 0 Å². The van der Waals surface area contributed by atoms with E-state index in [1.807, 2.05) is 0 Å². The van der Waals surface area contributed by atoms with Crippen molar-refractivity contribution in [2.24, 2.45) is 0 Å². The summed E-state index contributed by atoms with van der Waals surface area (Å²) in [5.41, 5.74) is 0.0881. The number of aliphatic hydroxyl groups excluding tert-OH is 1. The molecule has 0 aliphatic rings. The number of nitrogens with one attached hydrogen (secondary N) is 1. The van der Waals surface area contributed by atoms with Gasteiger partial charge in [0.15, 0.2) is 11.6 Å². The van der Waals surface area contributed by atoms with Crippen LogP contribution in [0.5, 0.6) is 0 Å². The van der Waals surface area contributed by atoms with Crippen LogP contribution in [0.2, 0.25) is 0 Å². The molecule has 2 N–H and O–H groups in total. The van der Waals surface area contributed by atoms with Gasteiger partial charge in [-0.1, -0.05) is 0 Å². The topological polar surface area (TPSA) is 41.5 Å².